The van der Waals surface area contributed by atoms with Gasteiger partial charge in [0.05, 0.1) is 23.4 Å². The van der Waals surface area contributed by atoms with Crippen molar-refractivity contribution in [1.82, 2.24) is 10.2 Å². The molecule has 1 N–H and O–H groups in total. The maximum atomic E-state index is 12.7. The molecule has 0 bridgehead atoms. The number of hydrogen-bond donors (Lipinski definition) is 1. The van der Waals surface area contributed by atoms with Crippen molar-refractivity contribution in [2.75, 3.05) is 26.4 Å². The molecular weight excluding hydrogens is 401 g/mol. The van der Waals surface area contributed by atoms with E-state index < -0.39 is 11.7 Å². The maximum Gasteiger partial charge on any atom is 0.416 e. The standard InChI is InChI=1S/C21H19F3N2O2S/c1-26(2)19(27)14-29-18-11-4-3-10-17(18)20(28)25-12-6-8-15-7-5-9-16(13-15)21(22,23)24/h3-5,7,9-11,13H,12,14H2,1-2H3,(H,25,28). The molecule has 0 aliphatic rings. The topological polar surface area (TPSA) is 49.4 Å². The van der Waals surface area contributed by atoms with Crippen LogP contribution in [0, 0.1) is 11.8 Å². The van der Waals surface area contributed by atoms with Crippen LogP contribution >= 0.6 is 11.8 Å². The van der Waals surface area contributed by atoms with Crippen molar-refractivity contribution in [3.63, 3.8) is 0 Å². The molecule has 2 amide bonds. The predicted molar refractivity (Wildman–Crippen MR) is 107 cm³/mol. The molecule has 152 valence electrons. The summed E-state index contributed by atoms with van der Waals surface area (Å²) < 4.78 is 38.1. The van der Waals surface area contributed by atoms with E-state index in [1.165, 1.54) is 28.8 Å². The first-order chi connectivity index (χ1) is 13.7. The summed E-state index contributed by atoms with van der Waals surface area (Å²) in [6.45, 7) is -0.0231. The highest BCUT2D eigenvalue weighted by molar-refractivity contribution is 8.00. The number of halogens is 3. The van der Waals surface area contributed by atoms with Crippen LogP contribution in [-0.4, -0.2) is 43.1 Å². The fraction of sp³-hybridized carbons (Fsp3) is 0.238. The molecule has 4 nitrogen and oxygen atoms in total. The van der Waals surface area contributed by atoms with Crippen LogP contribution in [0.5, 0.6) is 0 Å². The molecule has 0 radical (unpaired) electrons. The van der Waals surface area contributed by atoms with E-state index in [-0.39, 0.29) is 29.7 Å². The molecule has 8 heteroatoms. The molecule has 0 aliphatic carbocycles. The van der Waals surface area contributed by atoms with Crippen molar-refractivity contribution >= 4 is 23.6 Å². The summed E-state index contributed by atoms with van der Waals surface area (Å²) >= 11 is 1.26. The molecule has 0 atom stereocenters. The molecular formula is C21H19F3N2O2S. The number of carbonyl (C=O) groups is 2. The smallest absolute Gasteiger partial charge is 0.348 e. The van der Waals surface area contributed by atoms with E-state index in [1.54, 1.807) is 38.4 Å². The second kappa shape index (κ2) is 10.0. The molecule has 0 fully saturated rings. The minimum Gasteiger partial charge on any atom is -0.348 e. The van der Waals surface area contributed by atoms with Crippen molar-refractivity contribution in [1.29, 1.82) is 0 Å². The van der Waals surface area contributed by atoms with Gasteiger partial charge in [-0.1, -0.05) is 30.0 Å². The second-order valence-electron chi connectivity index (χ2n) is 6.14. The third-order valence-electron chi connectivity index (χ3n) is 3.74. The number of carbonyl (C=O) groups excluding carboxylic acids is 2. The van der Waals surface area contributed by atoms with Crippen LogP contribution in [0.4, 0.5) is 13.2 Å². The molecule has 0 spiro atoms. The number of nitrogens with zero attached hydrogens (tertiary/aromatic N) is 1. The zero-order valence-electron chi connectivity index (χ0n) is 15.8. The zero-order chi connectivity index (χ0) is 21.4. The first-order valence-corrected chi connectivity index (χ1v) is 9.53. The number of nitrogens with one attached hydrogen (secondary N) is 1. The summed E-state index contributed by atoms with van der Waals surface area (Å²) in [4.78, 5) is 26.3. The van der Waals surface area contributed by atoms with Gasteiger partial charge in [-0.25, -0.2) is 0 Å². The van der Waals surface area contributed by atoms with Crippen LogP contribution in [0.25, 0.3) is 0 Å². The van der Waals surface area contributed by atoms with E-state index in [1.807, 2.05) is 0 Å². The lowest BCUT2D eigenvalue weighted by Crippen LogP contribution is -2.25. The Labute approximate surface area is 171 Å². The van der Waals surface area contributed by atoms with Gasteiger partial charge in [0.15, 0.2) is 0 Å². The van der Waals surface area contributed by atoms with E-state index in [2.05, 4.69) is 17.2 Å². The quantitative estimate of drug-likeness (QED) is 0.593. The fourth-order valence-electron chi connectivity index (χ4n) is 2.19. The number of thioether (sulfide) groups is 1. The average molecular weight is 420 g/mol. The molecule has 0 saturated carbocycles. The Kier molecular flexibility index (Phi) is 7.74. The van der Waals surface area contributed by atoms with E-state index in [0.29, 0.717) is 10.5 Å². The fourth-order valence-corrected chi connectivity index (χ4v) is 3.22. The first kappa shape index (κ1) is 22.4. The van der Waals surface area contributed by atoms with Gasteiger partial charge in [-0.2, -0.15) is 13.2 Å². The van der Waals surface area contributed by atoms with E-state index in [9.17, 15) is 22.8 Å². The van der Waals surface area contributed by atoms with Gasteiger partial charge in [0.1, 0.15) is 0 Å². The van der Waals surface area contributed by atoms with Gasteiger partial charge in [-0.15, -0.1) is 11.8 Å². The lowest BCUT2D eigenvalue weighted by Gasteiger charge is -2.11. The molecule has 29 heavy (non-hydrogen) atoms. The van der Waals surface area contributed by atoms with E-state index in [0.717, 1.165) is 12.1 Å². The Balaban J connectivity index is 1.99. The number of rotatable bonds is 5. The van der Waals surface area contributed by atoms with Crippen LogP contribution in [0.3, 0.4) is 0 Å². The third kappa shape index (κ3) is 6.88. The number of amides is 2. The molecule has 2 aromatic carbocycles. The monoisotopic (exact) mass is 420 g/mol. The highest BCUT2D eigenvalue weighted by atomic mass is 32.2. The van der Waals surface area contributed by atoms with Gasteiger partial charge < -0.3 is 10.2 Å². The Bertz CT molecular complexity index is 947. The van der Waals surface area contributed by atoms with Gasteiger partial charge in [-0.3, -0.25) is 9.59 Å². The van der Waals surface area contributed by atoms with Crippen molar-refractivity contribution in [3.05, 3.63) is 65.2 Å². The SMILES string of the molecule is CN(C)C(=O)CSc1ccccc1C(=O)NCC#Cc1cccc(C(F)(F)F)c1. The molecule has 2 rings (SSSR count). The Morgan fingerprint density at radius 1 is 1.10 bits per heavy atom. The highest BCUT2D eigenvalue weighted by Gasteiger charge is 2.30. The minimum atomic E-state index is -4.43. The van der Waals surface area contributed by atoms with Crippen molar-refractivity contribution in [2.45, 2.75) is 11.1 Å². The Hall–Kier alpha value is -2.92. The van der Waals surface area contributed by atoms with Crippen LogP contribution in [-0.2, 0) is 11.0 Å². The lowest BCUT2D eigenvalue weighted by atomic mass is 10.1. The zero-order valence-corrected chi connectivity index (χ0v) is 16.7. The normalized spacial score (nSPS) is 10.7. The summed E-state index contributed by atoms with van der Waals surface area (Å²) in [5.41, 5.74) is -0.149. The summed E-state index contributed by atoms with van der Waals surface area (Å²) in [6, 6.07) is 11.6. The van der Waals surface area contributed by atoms with Gasteiger partial charge in [0.2, 0.25) is 5.91 Å². The molecule has 0 aromatic heterocycles. The van der Waals surface area contributed by atoms with E-state index >= 15 is 0 Å². The maximum absolute atomic E-state index is 12.7. The van der Waals surface area contributed by atoms with Crippen molar-refractivity contribution in [3.8, 4) is 11.8 Å². The minimum absolute atomic E-state index is 0.0231. The van der Waals surface area contributed by atoms with Crippen molar-refractivity contribution < 1.29 is 22.8 Å². The van der Waals surface area contributed by atoms with Crippen molar-refractivity contribution in [2.24, 2.45) is 0 Å². The average Bonchev–Trinajstić information content (AvgIpc) is 2.69. The van der Waals surface area contributed by atoms with Crippen LogP contribution in [0.15, 0.2) is 53.4 Å². The number of alkyl halides is 3. The Morgan fingerprint density at radius 2 is 1.83 bits per heavy atom. The van der Waals surface area contributed by atoms with E-state index in [4.69, 9.17) is 0 Å². The largest absolute Gasteiger partial charge is 0.416 e. The number of benzene rings is 2. The molecule has 0 heterocycles. The van der Waals surface area contributed by atoms with Gasteiger partial charge in [0, 0.05) is 24.6 Å². The third-order valence-corrected chi connectivity index (χ3v) is 4.80. The summed E-state index contributed by atoms with van der Waals surface area (Å²) in [5.74, 6) is 5.02. The Morgan fingerprint density at radius 3 is 2.52 bits per heavy atom. The molecule has 0 unspecified atom stereocenters. The highest BCUT2D eigenvalue weighted by Crippen LogP contribution is 2.29. The lowest BCUT2D eigenvalue weighted by molar-refractivity contribution is -0.137. The predicted octanol–water partition coefficient (Wildman–Crippen LogP) is 3.67. The first-order valence-electron chi connectivity index (χ1n) is 8.55. The molecule has 0 aliphatic heterocycles. The van der Waals surface area contributed by atoms with Crippen LogP contribution in [0.2, 0.25) is 0 Å². The summed E-state index contributed by atoms with van der Waals surface area (Å²) in [6.07, 6.45) is -4.43. The molecule has 0 saturated heterocycles. The van der Waals surface area contributed by atoms with Gasteiger partial charge in [-0.05, 0) is 30.3 Å². The van der Waals surface area contributed by atoms with Crippen LogP contribution < -0.4 is 5.32 Å². The summed E-state index contributed by atoms with van der Waals surface area (Å²) in [7, 11) is 3.31. The van der Waals surface area contributed by atoms with Gasteiger partial charge in [0.25, 0.3) is 5.91 Å². The second-order valence-corrected chi connectivity index (χ2v) is 7.15. The summed E-state index contributed by atoms with van der Waals surface area (Å²) in [5, 5.41) is 2.62. The number of hydrogen-bond acceptors (Lipinski definition) is 3. The van der Waals surface area contributed by atoms with Gasteiger partial charge >= 0.3 is 6.18 Å². The molecule has 2 aromatic rings. The van der Waals surface area contributed by atoms with Crippen LogP contribution in [0.1, 0.15) is 21.5 Å².